The summed E-state index contributed by atoms with van der Waals surface area (Å²) in [6.07, 6.45) is 3.45. The Kier molecular flexibility index (Phi) is 4.12. The first-order valence-electron chi connectivity index (χ1n) is 9.11. The summed E-state index contributed by atoms with van der Waals surface area (Å²) in [6.45, 7) is 5.56. The van der Waals surface area contributed by atoms with E-state index in [0.717, 1.165) is 57.1 Å². The number of amides is 1. The maximum Gasteiger partial charge on any atom is 0.226 e. The summed E-state index contributed by atoms with van der Waals surface area (Å²) in [5.41, 5.74) is 1.47. The van der Waals surface area contributed by atoms with Gasteiger partial charge in [0.15, 0.2) is 0 Å². The molecule has 2 saturated heterocycles. The number of para-hydroxylation sites is 2. The molecule has 0 radical (unpaired) electrons. The number of hydrogen-bond donors (Lipinski definition) is 1. The Morgan fingerprint density at radius 3 is 2.58 bits per heavy atom. The van der Waals surface area contributed by atoms with E-state index in [1.807, 2.05) is 18.2 Å². The molecule has 1 aromatic carbocycles. The average molecular weight is 329 g/mol. The summed E-state index contributed by atoms with van der Waals surface area (Å²) in [5.74, 6) is 1.60. The van der Waals surface area contributed by atoms with Gasteiger partial charge in [-0.15, -0.1) is 0 Å². The van der Waals surface area contributed by atoms with Crippen LogP contribution in [0.1, 0.15) is 19.3 Å². The zero-order valence-corrected chi connectivity index (χ0v) is 14.5. The van der Waals surface area contributed by atoms with E-state index >= 15 is 0 Å². The van der Waals surface area contributed by atoms with Crippen LogP contribution in [-0.4, -0.2) is 57.2 Å². The molecule has 1 atom stereocenters. The molecule has 130 valence electrons. The molecule has 1 unspecified atom stereocenters. The van der Waals surface area contributed by atoms with Gasteiger partial charge in [0.25, 0.3) is 0 Å². The molecule has 4 rings (SSSR count). The Hall–Kier alpha value is -1.75. The molecule has 3 fully saturated rings. The Morgan fingerprint density at radius 1 is 1.17 bits per heavy atom. The molecule has 1 amide bonds. The van der Waals surface area contributed by atoms with Crippen LogP contribution in [0.15, 0.2) is 24.3 Å². The molecule has 5 heteroatoms. The van der Waals surface area contributed by atoms with E-state index in [0.29, 0.717) is 11.3 Å². The van der Waals surface area contributed by atoms with Crippen molar-refractivity contribution in [2.45, 2.75) is 19.3 Å². The molecular weight excluding hydrogens is 302 g/mol. The quantitative estimate of drug-likeness (QED) is 0.917. The number of rotatable bonds is 3. The first-order chi connectivity index (χ1) is 11.7. The second-order valence-electron chi connectivity index (χ2n) is 7.35. The number of methoxy groups -OCH3 is 1. The number of nitrogens with zero attached hydrogens (tertiary/aromatic N) is 2. The van der Waals surface area contributed by atoms with Crippen LogP contribution in [0.4, 0.5) is 5.69 Å². The van der Waals surface area contributed by atoms with Crippen molar-refractivity contribution >= 4 is 11.6 Å². The fraction of sp³-hybridized carbons (Fsp3) is 0.632. The maximum absolute atomic E-state index is 12.9. The van der Waals surface area contributed by atoms with Gasteiger partial charge in [0.05, 0.1) is 12.8 Å². The zero-order chi connectivity index (χ0) is 16.6. The van der Waals surface area contributed by atoms with Gasteiger partial charge < -0.3 is 19.9 Å². The number of carbonyl (C=O) groups excluding carboxylic acids is 1. The number of anilines is 1. The molecule has 24 heavy (non-hydrogen) atoms. The van der Waals surface area contributed by atoms with E-state index < -0.39 is 0 Å². The van der Waals surface area contributed by atoms with Gasteiger partial charge in [0.1, 0.15) is 5.75 Å². The van der Waals surface area contributed by atoms with Crippen molar-refractivity contribution in [1.82, 2.24) is 10.2 Å². The zero-order valence-electron chi connectivity index (χ0n) is 14.5. The molecule has 1 spiro atoms. The van der Waals surface area contributed by atoms with Gasteiger partial charge in [0.2, 0.25) is 5.91 Å². The minimum absolute atomic E-state index is 0.289. The summed E-state index contributed by atoms with van der Waals surface area (Å²) >= 11 is 0. The maximum atomic E-state index is 12.9. The third kappa shape index (κ3) is 2.75. The molecule has 1 aromatic rings. The summed E-state index contributed by atoms with van der Waals surface area (Å²) in [7, 11) is 1.71. The summed E-state index contributed by atoms with van der Waals surface area (Å²) in [5, 5.41) is 3.41. The Balaban J connectivity index is 1.36. The van der Waals surface area contributed by atoms with Gasteiger partial charge in [-0.1, -0.05) is 12.1 Å². The minimum Gasteiger partial charge on any atom is -0.495 e. The van der Waals surface area contributed by atoms with Crippen molar-refractivity contribution in [2.75, 3.05) is 51.3 Å². The van der Waals surface area contributed by atoms with Crippen LogP contribution in [0.25, 0.3) is 0 Å². The highest BCUT2D eigenvalue weighted by molar-refractivity contribution is 5.83. The molecule has 1 aliphatic carbocycles. The summed E-state index contributed by atoms with van der Waals surface area (Å²) in [4.78, 5) is 17.3. The molecular formula is C19H27N3O2. The Bertz CT molecular complexity index is 604. The third-order valence-electron chi connectivity index (χ3n) is 6.10. The monoisotopic (exact) mass is 329 g/mol. The van der Waals surface area contributed by atoms with Gasteiger partial charge in [-0.3, -0.25) is 4.79 Å². The second kappa shape index (κ2) is 6.28. The first-order valence-corrected chi connectivity index (χ1v) is 9.11. The normalized spacial score (nSPS) is 25.6. The molecule has 0 aromatic heterocycles. The van der Waals surface area contributed by atoms with E-state index in [2.05, 4.69) is 21.2 Å². The van der Waals surface area contributed by atoms with Crippen molar-refractivity contribution in [3.05, 3.63) is 24.3 Å². The second-order valence-corrected chi connectivity index (χ2v) is 7.35. The highest BCUT2D eigenvalue weighted by atomic mass is 16.5. The SMILES string of the molecule is COc1ccccc1N1CCN(C(=O)C2CC23CCNCC3)CC1. The van der Waals surface area contributed by atoms with Gasteiger partial charge in [-0.05, 0) is 49.9 Å². The predicted octanol–water partition coefficient (Wildman–Crippen LogP) is 1.73. The number of piperidine rings is 1. The molecule has 1 N–H and O–H groups in total. The van der Waals surface area contributed by atoms with Crippen molar-refractivity contribution in [3.8, 4) is 5.75 Å². The lowest BCUT2D eigenvalue weighted by Crippen LogP contribution is -2.50. The van der Waals surface area contributed by atoms with Gasteiger partial charge in [-0.25, -0.2) is 0 Å². The predicted molar refractivity (Wildman–Crippen MR) is 94.4 cm³/mol. The number of ether oxygens (including phenoxy) is 1. The van der Waals surface area contributed by atoms with E-state index in [4.69, 9.17) is 4.74 Å². The molecule has 0 bridgehead atoms. The Morgan fingerprint density at radius 2 is 1.88 bits per heavy atom. The van der Waals surface area contributed by atoms with Crippen LogP contribution < -0.4 is 15.0 Å². The average Bonchev–Trinajstić information content (AvgIpc) is 3.34. The van der Waals surface area contributed by atoms with Crippen LogP contribution in [0, 0.1) is 11.3 Å². The fourth-order valence-corrected chi connectivity index (χ4v) is 4.45. The minimum atomic E-state index is 0.289. The van der Waals surface area contributed by atoms with Crippen LogP contribution in [0.3, 0.4) is 0 Å². The fourth-order valence-electron chi connectivity index (χ4n) is 4.45. The smallest absolute Gasteiger partial charge is 0.226 e. The van der Waals surface area contributed by atoms with Gasteiger partial charge >= 0.3 is 0 Å². The first kappa shape index (κ1) is 15.8. The van der Waals surface area contributed by atoms with Crippen LogP contribution >= 0.6 is 0 Å². The number of nitrogens with one attached hydrogen (secondary N) is 1. The standard InChI is InChI=1S/C19H27N3O2/c1-24-17-5-3-2-4-16(17)21-10-12-22(13-11-21)18(23)15-14-19(15)6-8-20-9-7-19/h2-5,15,20H,6-14H2,1H3. The van der Waals surface area contributed by atoms with E-state index in [-0.39, 0.29) is 5.92 Å². The van der Waals surface area contributed by atoms with Gasteiger partial charge in [-0.2, -0.15) is 0 Å². The largest absolute Gasteiger partial charge is 0.495 e. The van der Waals surface area contributed by atoms with Crippen LogP contribution in [0.5, 0.6) is 5.75 Å². The van der Waals surface area contributed by atoms with E-state index in [1.54, 1.807) is 7.11 Å². The topological polar surface area (TPSA) is 44.8 Å². The summed E-state index contributed by atoms with van der Waals surface area (Å²) in [6, 6.07) is 8.13. The number of benzene rings is 1. The third-order valence-corrected chi connectivity index (χ3v) is 6.10. The van der Waals surface area contributed by atoms with Crippen LogP contribution in [0.2, 0.25) is 0 Å². The lowest BCUT2D eigenvalue weighted by atomic mass is 9.91. The van der Waals surface area contributed by atoms with Crippen molar-refractivity contribution in [2.24, 2.45) is 11.3 Å². The highest BCUT2D eigenvalue weighted by Crippen LogP contribution is 2.59. The molecule has 5 nitrogen and oxygen atoms in total. The summed E-state index contributed by atoms with van der Waals surface area (Å²) < 4.78 is 5.47. The molecule has 2 aliphatic heterocycles. The van der Waals surface area contributed by atoms with Crippen LogP contribution in [-0.2, 0) is 4.79 Å². The molecule has 2 heterocycles. The molecule has 1 saturated carbocycles. The lowest BCUT2D eigenvalue weighted by Gasteiger charge is -2.37. The van der Waals surface area contributed by atoms with Crippen molar-refractivity contribution in [1.29, 1.82) is 0 Å². The number of carbonyl (C=O) groups is 1. The van der Waals surface area contributed by atoms with Crippen molar-refractivity contribution in [3.63, 3.8) is 0 Å². The highest BCUT2D eigenvalue weighted by Gasteiger charge is 2.58. The Labute approximate surface area is 144 Å². The lowest BCUT2D eigenvalue weighted by molar-refractivity contribution is -0.133. The van der Waals surface area contributed by atoms with E-state index in [1.165, 1.54) is 12.8 Å². The number of piperazine rings is 1. The number of hydrogen-bond acceptors (Lipinski definition) is 4. The molecule has 3 aliphatic rings. The van der Waals surface area contributed by atoms with Crippen molar-refractivity contribution < 1.29 is 9.53 Å². The van der Waals surface area contributed by atoms with E-state index in [9.17, 15) is 4.79 Å². The van der Waals surface area contributed by atoms with Gasteiger partial charge in [0, 0.05) is 32.1 Å².